The Morgan fingerprint density at radius 1 is 0.864 bits per heavy atom. The number of rotatable bonds is 11. The number of ether oxygens (including phenoxy) is 4. The van der Waals surface area contributed by atoms with Gasteiger partial charge in [0.15, 0.2) is 0 Å². The summed E-state index contributed by atoms with van der Waals surface area (Å²) in [5, 5.41) is 8.45. The van der Waals surface area contributed by atoms with Crippen LogP contribution in [0.5, 0.6) is 0 Å². The maximum atomic E-state index is 11.4. The van der Waals surface area contributed by atoms with Crippen LogP contribution < -0.4 is 0 Å². The minimum Gasteiger partial charge on any atom is -0.462 e. The number of aliphatic hydroxyl groups is 1. The molecule has 7 nitrogen and oxygen atoms in total. The predicted molar refractivity (Wildman–Crippen MR) is 75.9 cm³/mol. The summed E-state index contributed by atoms with van der Waals surface area (Å²) in [6.07, 6.45) is 0. The molecule has 0 radical (unpaired) electrons. The highest BCUT2D eigenvalue weighted by atomic mass is 16.6. The fourth-order valence-electron chi connectivity index (χ4n) is 1.41. The van der Waals surface area contributed by atoms with Crippen LogP contribution in [0.2, 0.25) is 0 Å². The van der Waals surface area contributed by atoms with E-state index in [0.29, 0.717) is 0 Å². The summed E-state index contributed by atoms with van der Waals surface area (Å²) in [5.74, 6) is -1.04. The van der Waals surface area contributed by atoms with Crippen molar-refractivity contribution in [1.29, 1.82) is 0 Å². The first-order chi connectivity index (χ1) is 10.7. The van der Waals surface area contributed by atoms with E-state index < -0.39 is 11.9 Å². The molecular formula is C15H20O7. The zero-order valence-corrected chi connectivity index (χ0v) is 12.2. The number of esters is 2. The molecule has 0 aliphatic rings. The largest absolute Gasteiger partial charge is 0.462 e. The van der Waals surface area contributed by atoms with Gasteiger partial charge >= 0.3 is 11.9 Å². The summed E-state index contributed by atoms with van der Waals surface area (Å²) in [4.78, 5) is 22.5. The molecule has 1 N–H and O–H groups in total. The van der Waals surface area contributed by atoms with Gasteiger partial charge in [0.05, 0.1) is 19.8 Å². The van der Waals surface area contributed by atoms with E-state index in [0.717, 1.165) is 5.56 Å². The summed E-state index contributed by atoms with van der Waals surface area (Å²) in [6.45, 7) is -0.189. The van der Waals surface area contributed by atoms with E-state index in [1.54, 1.807) is 0 Å². The molecule has 0 heterocycles. The first-order valence-corrected chi connectivity index (χ1v) is 6.84. The summed E-state index contributed by atoms with van der Waals surface area (Å²) in [7, 11) is 0. The van der Waals surface area contributed by atoms with Gasteiger partial charge < -0.3 is 24.1 Å². The fraction of sp³-hybridized carbons (Fsp3) is 0.467. The molecule has 0 unspecified atom stereocenters. The van der Waals surface area contributed by atoms with E-state index >= 15 is 0 Å². The lowest BCUT2D eigenvalue weighted by molar-refractivity contribution is -0.154. The van der Waals surface area contributed by atoms with Gasteiger partial charge in [-0.25, -0.2) is 9.59 Å². The van der Waals surface area contributed by atoms with Crippen LogP contribution in [0.1, 0.15) is 5.56 Å². The number of carbonyl (C=O) groups excluding carboxylic acids is 2. The second kappa shape index (κ2) is 11.7. The van der Waals surface area contributed by atoms with Gasteiger partial charge in [0.25, 0.3) is 0 Å². The van der Waals surface area contributed by atoms with Gasteiger partial charge in [0, 0.05) is 0 Å². The molecule has 0 fully saturated rings. The van der Waals surface area contributed by atoms with E-state index in [9.17, 15) is 9.59 Å². The normalized spacial score (nSPS) is 10.2. The lowest BCUT2D eigenvalue weighted by atomic mass is 10.2. The molecule has 0 saturated heterocycles. The Morgan fingerprint density at radius 3 is 2.18 bits per heavy atom. The SMILES string of the molecule is O=C(COCCO)OCCOCC(=O)OCc1ccccc1. The zero-order valence-electron chi connectivity index (χ0n) is 12.2. The quantitative estimate of drug-likeness (QED) is 0.464. The molecule has 0 atom stereocenters. The van der Waals surface area contributed by atoms with Crippen LogP contribution in [0.25, 0.3) is 0 Å². The van der Waals surface area contributed by atoms with Crippen LogP contribution in [0.4, 0.5) is 0 Å². The maximum Gasteiger partial charge on any atom is 0.332 e. The Morgan fingerprint density at radius 2 is 1.50 bits per heavy atom. The van der Waals surface area contributed by atoms with Crippen molar-refractivity contribution >= 4 is 11.9 Å². The second-order valence-corrected chi connectivity index (χ2v) is 4.20. The average molecular weight is 312 g/mol. The molecule has 0 spiro atoms. The van der Waals surface area contributed by atoms with Gasteiger partial charge in [-0.1, -0.05) is 30.3 Å². The van der Waals surface area contributed by atoms with Crippen LogP contribution in [0.3, 0.4) is 0 Å². The number of carbonyl (C=O) groups is 2. The molecule has 1 aromatic rings. The topological polar surface area (TPSA) is 91.3 Å². The van der Waals surface area contributed by atoms with E-state index in [1.165, 1.54) is 0 Å². The van der Waals surface area contributed by atoms with Crippen LogP contribution in [0, 0.1) is 0 Å². The highest BCUT2D eigenvalue weighted by Crippen LogP contribution is 2.00. The van der Waals surface area contributed by atoms with Crippen LogP contribution in [-0.4, -0.2) is 56.7 Å². The van der Waals surface area contributed by atoms with Crippen molar-refractivity contribution in [3.8, 4) is 0 Å². The number of hydrogen-bond acceptors (Lipinski definition) is 7. The Hall–Kier alpha value is -1.96. The summed E-state index contributed by atoms with van der Waals surface area (Å²) in [5.41, 5.74) is 0.896. The molecule has 0 aliphatic carbocycles. The molecule has 122 valence electrons. The highest BCUT2D eigenvalue weighted by Gasteiger charge is 2.05. The van der Waals surface area contributed by atoms with Crippen LogP contribution in [0.15, 0.2) is 30.3 Å². The Bertz CT molecular complexity index is 433. The Balaban J connectivity index is 1.97. The van der Waals surface area contributed by atoms with Crippen LogP contribution in [-0.2, 0) is 35.1 Å². The lowest BCUT2D eigenvalue weighted by Crippen LogP contribution is -2.19. The van der Waals surface area contributed by atoms with Gasteiger partial charge in [-0.15, -0.1) is 0 Å². The number of aliphatic hydroxyl groups excluding tert-OH is 1. The van der Waals surface area contributed by atoms with Crippen molar-refractivity contribution in [3.63, 3.8) is 0 Å². The minimum absolute atomic E-state index is 0.0211. The van der Waals surface area contributed by atoms with Crippen molar-refractivity contribution in [2.75, 3.05) is 39.6 Å². The molecule has 1 aromatic carbocycles. The zero-order chi connectivity index (χ0) is 16.0. The van der Waals surface area contributed by atoms with E-state index in [-0.39, 0.29) is 46.2 Å². The maximum absolute atomic E-state index is 11.4. The Labute approximate surface area is 128 Å². The molecule has 0 saturated carbocycles. The molecule has 0 aromatic heterocycles. The molecule has 0 aliphatic heterocycles. The van der Waals surface area contributed by atoms with Crippen molar-refractivity contribution in [1.82, 2.24) is 0 Å². The molecular weight excluding hydrogens is 292 g/mol. The van der Waals surface area contributed by atoms with Gasteiger partial charge in [-0.05, 0) is 5.56 Å². The van der Waals surface area contributed by atoms with E-state index in [1.807, 2.05) is 30.3 Å². The smallest absolute Gasteiger partial charge is 0.332 e. The molecule has 7 heteroatoms. The van der Waals surface area contributed by atoms with Gasteiger partial charge in [0.2, 0.25) is 0 Å². The van der Waals surface area contributed by atoms with E-state index in [2.05, 4.69) is 0 Å². The van der Waals surface area contributed by atoms with Gasteiger partial charge in [-0.2, -0.15) is 0 Å². The van der Waals surface area contributed by atoms with Crippen LogP contribution >= 0.6 is 0 Å². The number of benzene rings is 1. The Kier molecular flexibility index (Phi) is 9.60. The predicted octanol–water partition coefficient (Wildman–Crippen LogP) is 0.299. The number of hydrogen-bond donors (Lipinski definition) is 1. The molecule has 0 bridgehead atoms. The average Bonchev–Trinajstić information content (AvgIpc) is 2.54. The van der Waals surface area contributed by atoms with Crippen molar-refractivity contribution in [3.05, 3.63) is 35.9 Å². The molecule has 1 rings (SSSR count). The minimum atomic E-state index is -0.552. The van der Waals surface area contributed by atoms with Gasteiger partial charge in [0.1, 0.15) is 26.4 Å². The monoisotopic (exact) mass is 312 g/mol. The fourth-order valence-corrected chi connectivity index (χ4v) is 1.41. The summed E-state index contributed by atoms with van der Waals surface area (Å²) in [6, 6.07) is 9.31. The molecule has 22 heavy (non-hydrogen) atoms. The first kappa shape index (κ1) is 18.1. The third-order valence-corrected chi connectivity index (χ3v) is 2.41. The van der Waals surface area contributed by atoms with Gasteiger partial charge in [-0.3, -0.25) is 0 Å². The lowest BCUT2D eigenvalue weighted by Gasteiger charge is -2.07. The highest BCUT2D eigenvalue weighted by molar-refractivity contribution is 5.71. The second-order valence-electron chi connectivity index (χ2n) is 4.20. The summed E-state index contributed by atoms with van der Waals surface area (Å²) < 4.78 is 19.6. The first-order valence-electron chi connectivity index (χ1n) is 6.84. The van der Waals surface area contributed by atoms with E-state index in [4.69, 9.17) is 24.1 Å². The van der Waals surface area contributed by atoms with Crippen molar-refractivity contribution in [2.45, 2.75) is 6.61 Å². The van der Waals surface area contributed by atoms with Crippen molar-refractivity contribution < 1.29 is 33.6 Å². The van der Waals surface area contributed by atoms with Crippen molar-refractivity contribution in [2.24, 2.45) is 0 Å². The molecule has 0 amide bonds. The third kappa shape index (κ3) is 9.06. The summed E-state index contributed by atoms with van der Waals surface area (Å²) >= 11 is 0. The third-order valence-electron chi connectivity index (χ3n) is 2.41. The standard InChI is InChI=1S/C15H20O7/c16-6-7-19-11-14(17)21-9-8-20-12-15(18)22-10-13-4-2-1-3-5-13/h1-5,16H,6-12H2.